The molecule has 0 aromatic heterocycles. The van der Waals surface area contributed by atoms with Gasteiger partial charge in [0.1, 0.15) is 6.61 Å². The molecule has 0 saturated carbocycles. The van der Waals surface area contributed by atoms with E-state index in [-0.39, 0.29) is 0 Å². The van der Waals surface area contributed by atoms with E-state index in [9.17, 15) is 26.3 Å². The molecule has 0 aromatic carbocycles. The second kappa shape index (κ2) is 5.57. The van der Waals surface area contributed by atoms with E-state index in [0.29, 0.717) is 33.8 Å². The molecule has 0 aliphatic carbocycles. The summed E-state index contributed by atoms with van der Waals surface area (Å²) in [4.78, 5) is 0. The number of halogens is 8. The summed E-state index contributed by atoms with van der Waals surface area (Å²) in [5.41, 5.74) is -10.8. The number of hydrogen-bond acceptors (Lipinski definition) is 1. The molecule has 1 aliphatic rings. The van der Waals surface area contributed by atoms with Crippen LogP contribution in [0, 0.1) is 10.8 Å². The standard InChI is InChI=1S/C16H22F8O/c1-7-10(3,4)14(20,21)13(19)12(17,18)9-25-16(13,24)15(22,23)11(5,6)8-2/h8H,2,7,9H2,1,3-6H3. The maximum Gasteiger partial charge on any atom is 0.321 e. The third-order valence-electron chi connectivity index (χ3n) is 5.29. The molecule has 0 spiro atoms. The van der Waals surface area contributed by atoms with Gasteiger partial charge >= 0.3 is 23.4 Å². The van der Waals surface area contributed by atoms with Crippen molar-refractivity contribution in [3.05, 3.63) is 12.7 Å². The molecule has 25 heavy (non-hydrogen) atoms. The predicted octanol–water partition coefficient (Wildman–Crippen LogP) is 5.95. The summed E-state index contributed by atoms with van der Waals surface area (Å²) < 4.78 is 121. The Bertz CT molecular complexity index is 542. The van der Waals surface area contributed by atoms with Gasteiger partial charge in [-0.15, -0.1) is 6.58 Å². The summed E-state index contributed by atoms with van der Waals surface area (Å²) >= 11 is 0. The minimum Gasteiger partial charge on any atom is -0.332 e. The molecule has 148 valence electrons. The van der Waals surface area contributed by atoms with E-state index >= 15 is 8.78 Å². The van der Waals surface area contributed by atoms with Gasteiger partial charge in [-0.2, -0.15) is 17.6 Å². The fourth-order valence-electron chi connectivity index (χ4n) is 2.59. The quantitative estimate of drug-likeness (QED) is 0.408. The van der Waals surface area contributed by atoms with Crippen LogP contribution in [0.5, 0.6) is 0 Å². The molecule has 2 atom stereocenters. The van der Waals surface area contributed by atoms with Crippen LogP contribution in [0.15, 0.2) is 12.7 Å². The lowest BCUT2D eigenvalue weighted by Crippen LogP contribution is -2.74. The van der Waals surface area contributed by atoms with Gasteiger partial charge in [0.2, 0.25) is 0 Å². The lowest BCUT2D eigenvalue weighted by atomic mass is 9.66. The Morgan fingerprint density at radius 2 is 1.40 bits per heavy atom. The summed E-state index contributed by atoms with van der Waals surface area (Å²) in [5, 5.41) is 0. The maximum atomic E-state index is 15.2. The SMILES string of the molecule is C=CC(C)(C)C(F)(F)C1(F)OCC(F)(F)C1(F)C(F)(F)C(C)(C)CC. The van der Waals surface area contributed by atoms with Crippen LogP contribution in [-0.4, -0.2) is 35.9 Å². The molecule has 1 aliphatic heterocycles. The number of alkyl halides is 8. The zero-order chi connectivity index (χ0) is 20.3. The summed E-state index contributed by atoms with van der Waals surface area (Å²) in [5.74, 6) is -20.7. The molecular weight excluding hydrogens is 360 g/mol. The van der Waals surface area contributed by atoms with Gasteiger partial charge in [0, 0.05) is 5.41 Å². The van der Waals surface area contributed by atoms with Crippen LogP contribution >= 0.6 is 0 Å². The Labute approximate surface area is 141 Å². The average molecular weight is 382 g/mol. The van der Waals surface area contributed by atoms with Crippen LogP contribution < -0.4 is 0 Å². The van der Waals surface area contributed by atoms with E-state index in [0.717, 1.165) is 6.92 Å². The third kappa shape index (κ3) is 2.36. The largest absolute Gasteiger partial charge is 0.332 e. The molecule has 1 fully saturated rings. The maximum absolute atomic E-state index is 15.2. The second-order valence-corrected chi connectivity index (χ2v) is 7.56. The lowest BCUT2D eigenvalue weighted by Gasteiger charge is -2.50. The van der Waals surface area contributed by atoms with E-state index in [2.05, 4.69) is 11.3 Å². The van der Waals surface area contributed by atoms with E-state index < -0.39 is 53.1 Å². The summed E-state index contributed by atoms with van der Waals surface area (Å²) in [6, 6.07) is 0. The van der Waals surface area contributed by atoms with Gasteiger partial charge in [-0.3, -0.25) is 0 Å². The Morgan fingerprint density at radius 1 is 0.960 bits per heavy atom. The minimum atomic E-state index is -5.59. The van der Waals surface area contributed by atoms with Crippen molar-refractivity contribution in [3.8, 4) is 0 Å². The van der Waals surface area contributed by atoms with Gasteiger partial charge in [-0.25, -0.2) is 17.6 Å². The van der Waals surface area contributed by atoms with Crippen molar-refractivity contribution in [2.75, 3.05) is 6.61 Å². The molecule has 9 heteroatoms. The Hall–Kier alpha value is -0.860. The molecular formula is C16H22F8O. The normalized spacial score (nSPS) is 31.2. The van der Waals surface area contributed by atoms with Gasteiger partial charge in [0.05, 0.1) is 5.41 Å². The molecule has 0 radical (unpaired) electrons. The smallest absolute Gasteiger partial charge is 0.321 e. The van der Waals surface area contributed by atoms with Crippen molar-refractivity contribution < 1.29 is 39.9 Å². The number of rotatable bonds is 6. The van der Waals surface area contributed by atoms with E-state index in [4.69, 9.17) is 0 Å². The third-order valence-corrected chi connectivity index (χ3v) is 5.29. The zero-order valence-corrected chi connectivity index (χ0v) is 14.6. The molecule has 1 saturated heterocycles. The minimum absolute atomic E-state index is 0.470. The highest BCUT2D eigenvalue weighted by molar-refractivity contribution is 5.25. The highest BCUT2D eigenvalue weighted by Gasteiger charge is 2.93. The van der Waals surface area contributed by atoms with Crippen molar-refractivity contribution in [2.45, 2.75) is 70.3 Å². The van der Waals surface area contributed by atoms with Crippen molar-refractivity contribution in [1.82, 2.24) is 0 Å². The van der Waals surface area contributed by atoms with Crippen molar-refractivity contribution >= 4 is 0 Å². The fourth-order valence-corrected chi connectivity index (χ4v) is 2.59. The molecule has 1 nitrogen and oxygen atoms in total. The molecule has 0 aromatic rings. The van der Waals surface area contributed by atoms with Gasteiger partial charge in [-0.05, 0) is 6.42 Å². The lowest BCUT2D eigenvalue weighted by molar-refractivity contribution is -0.385. The first-order valence-electron chi connectivity index (χ1n) is 7.62. The Balaban J connectivity index is 3.82. The topological polar surface area (TPSA) is 9.23 Å². The van der Waals surface area contributed by atoms with Crippen LogP contribution in [0.4, 0.5) is 35.1 Å². The monoisotopic (exact) mass is 382 g/mol. The zero-order valence-electron chi connectivity index (χ0n) is 14.6. The van der Waals surface area contributed by atoms with Crippen molar-refractivity contribution in [1.29, 1.82) is 0 Å². The summed E-state index contributed by atoms with van der Waals surface area (Å²) in [6.45, 7) is 4.60. The number of hydrogen-bond donors (Lipinski definition) is 0. The first-order valence-corrected chi connectivity index (χ1v) is 7.62. The Kier molecular flexibility index (Phi) is 4.94. The second-order valence-electron chi connectivity index (χ2n) is 7.56. The summed E-state index contributed by atoms with van der Waals surface area (Å²) in [7, 11) is 0. The van der Waals surface area contributed by atoms with Gasteiger partial charge in [-0.1, -0.05) is 40.7 Å². The van der Waals surface area contributed by atoms with Gasteiger partial charge in [0.25, 0.3) is 5.92 Å². The fraction of sp³-hybridized carbons (Fsp3) is 0.875. The molecule has 0 N–H and O–H groups in total. The van der Waals surface area contributed by atoms with Crippen molar-refractivity contribution in [3.63, 3.8) is 0 Å². The van der Waals surface area contributed by atoms with Crippen LogP contribution in [0.25, 0.3) is 0 Å². The van der Waals surface area contributed by atoms with Crippen LogP contribution in [0.3, 0.4) is 0 Å². The Morgan fingerprint density at radius 3 is 1.76 bits per heavy atom. The van der Waals surface area contributed by atoms with Crippen LogP contribution in [0.1, 0.15) is 41.0 Å². The van der Waals surface area contributed by atoms with E-state index in [1.165, 1.54) is 0 Å². The van der Waals surface area contributed by atoms with Gasteiger partial charge in [0.15, 0.2) is 0 Å². The van der Waals surface area contributed by atoms with E-state index in [1.807, 2.05) is 0 Å². The number of ether oxygens (including phenoxy) is 1. The first-order chi connectivity index (χ1) is 10.8. The molecule has 2 unspecified atom stereocenters. The summed E-state index contributed by atoms with van der Waals surface area (Å²) in [6.07, 6.45) is -0.105. The molecule has 0 bridgehead atoms. The highest BCUT2D eigenvalue weighted by atomic mass is 19.3. The number of allylic oxidation sites excluding steroid dienone is 1. The molecule has 1 rings (SSSR count). The first kappa shape index (κ1) is 22.2. The van der Waals surface area contributed by atoms with Crippen molar-refractivity contribution in [2.24, 2.45) is 10.8 Å². The van der Waals surface area contributed by atoms with E-state index in [1.54, 1.807) is 0 Å². The van der Waals surface area contributed by atoms with Gasteiger partial charge < -0.3 is 4.74 Å². The molecule has 0 amide bonds. The molecule has 1 heterocycles. The predicted molar refractivity (Wildman–Crippen MR) is 76.5 cm³/mol. The highest BCUT2D eigenvalue weighted by Crippen LogP contribution is 2.68. The van der Waals surface area contributed by atoms with Crippen LogP contribution in [0.2, 0.25) is 0 Å². The average Bonchev–Trinajstić information content (AvgIpc) is 2.69. The van der Waals surface area contributed by atoms with Crippen LogP contribution in [-0.2, 0) is 4.74 Å².